The van der Waals surface area contributed by atoms with Gasteiger partial charge in [-0.2, -0.15) is 13.2 Å². The van der Waals surface area contributed by atoms with Gasteiger partial charge in [0.25, 0.3) is 0 Å². The van der Waals surface area contributed by atoms with Crippen LogP contribution >= 0.6 is 11.8 Å². The number of halogens is 3. The van der Waals surface area contributed by atoms with Crippen molar-refractivity contribution in [2.75, 3.05) is 12.4 Å². The van der Waals surface area contributed by atoms with Gasteiger partial charge in [0.05, 0.1) is 5.56 Å². The van der Waals surface area contributed by atoms with Crippen LogP contribution in [0.2, 0.25) is 0 Å². The van der Waals surface area contributed by atoms with Crippen LogP contribution in [-0.2, 0) is 30.2 Å². The minimum Gasteiger partial charge on any atom is -0.482 e. The maximum atomic E-state index is 12.9. The van der Waals surface area contributed by atoms with Crippen LogP contribution in [0.1, 0.15) is 28.7 Å². The fourth-order valence-corrected chi connectivity index (χ4v) is 5.29. The molecular formula is C26H23F3O3S. The van der Waals surface area contributed by atoms with E-state index in [1.165, 1.54) is 22.6 Å². The van der Waals surface area contributed by atoms with Crippen molar-refractivity contribution < 1.29 is 27.8 Å². The number of aliphatic carboxylic acids is 1. The summed E-state index contributed by atoms with van der Waals surface area (Å²) in [5, 5.41) is 8.88. The molecule has 0 atom stereocenters. The molecular weight excluding hydrogens is 449 g/mol. The fourth-order valence-electron chi connectivity index (χ4n) is 4.18. The molecule has 172 valence electrons. The second-order valence-corrected chi connectivity index (χ2v) is 9.02. The van der Waals surface area contributed by atoms with Gasteiger partial charge in [-0.3, -0.25) is 0 Å². The number of rotatable bonds is 8. The molecule has 0 amide bonds. The lowest BCUT2D eigenvalue weighted by molar-refractivity contribution is -0.139. The van der Waals surface area contributed by atoms with Crippen LogP contribution in [0, 0.1) is 0 Å². The highest BCUT2D eigenvalue weighted by Crippen LogP contribution is 2.38. The summed E-state index contributed by atoms with van der Waals surface area (Å²) in [4.78, 5) is 12.0. The number of ether oxygens (including phenoxy) is 1. The van der Waals surface area contributed by atoms with Crippen molar-refractivity contribution >= 4 is 17.7 Å². The quantitative estimate of drug-likeness (QED) is 0.373. The number of carbonyl (C=O) groups is 1. The van der Waals surface area contributed by atoms with Crippen LogP contribution in [-0.4, -0.2) is 23.4 Å². The number of carboxylic acid groups (broad SMARTS) is 1. The van der Waals surface area contributed by atoms with E-state index in [9.17, 15) is 18.0 Å². The van der Waals surface area contributed by atoms with Crippen LogP contribution in [0.15, 0.2) is 65.6 Å². The van der Waals surface area contributed by atoms with E-state index < -0.39 is 17.7 Å². The number of fused-ring (bicyclic) bond motifs is 1. The van der Waals surface area contributed by atoms with E-state index >= 15 is 0 Å². The molecule has 4 rings (SSSR count). The van der Waals surface area contributed by atoms with Crippen LogP contribution in [0.5, 0.6) is 5.75 Å². The minimum absolute atomic E-state index is 0.348. The molecule has 0 fully saturated rings. The maximum absolute atomic E-state index is 12.9. The molecule has 7 heteroatoms. The van der Waals surface area contributed by atoms with E-state index in [1.807, 2.05) is 36.4 Å². The molecule has 0 heterocycles. The smallest absolute Gasteiger partial charge is 0.416 e. The van der Waals surface area contributed by atoms with E-state index in [0.717, 1.165) is 65.8 Å². The summed E-state index contributed by atoms with van der Waals surface area (Å²) in [6, 6.07) is 16.9. The van der Waals surface area contributed by atoms with Gasteiger partial charge in [0.15, 0.2) is 6.61 Å². The first-order chi connectivity index (χ1) is 15.8. The minimum atomic E-state index is -4.34. The van der Waals surface area contributed by atoms with E-state index in [-0.39, 0.29) is 6.61 Å². The van der Waals surface area contributed by atoms with Gasteiger partial charge in [-0.05, 0) is 77.8 Å². The Kier molecular flexibility index (Phi) is 6.98. The summed E-state index contributed by atoms with van der Waals surface area (Å²) in [5.74, 6) is 0.480. The predicted octanol–water partition coefficient (Wildman–Crippen LogP) is 6.66. The highest BCUT2D eigenvalue weighted by molar-refractivity contribution is 7.99. The average molecular weight is 473 g/mol. The normalized spacial score (nSPS) is 13.1. The van der Waals surface area contributed by atoms with Gasteiger partial charge >= 0.3 is 12.1 Å². The summed E-state index contributed by atoms with van der Waals surface area (Å²) in [6.45, 7) is -0.348. The lowest BCUT2D eigenvalue weighted by Crippen LogP contribution is -2.10. The number of benzene rings is 3. The molecule has 3 aromatic carbocycles. The van der Waals surface area contributed by atoms with Crippen LogP contribution < -0.4 is 4.74 Å². The molecule has 3 nitrogen and oxygen atoms in total. The van der Waals surface area contributed by atoms with Crippen molar-refractivity contribution in [1.82, 2.24) is 0 Å². The number of thioether (sulfide) groups is 1. The van der Waals surface area contributed by atoms with E-state index in [0.29, 0.717) is 5.75 Å². The van der Waals surface area contributed by atoms with Crippen molar-refractivity contribution in [3.63, 3.8) is 0 Å². The van der Waals surface area contributed by atoms with Crippen LogP contribution in [0.4, 0.5) is 13.2 Å². The molecule has 0 aromatic heterocycles. The predicted molar refractivity (Wildman–Crippen MR) is 123 cm³/mol. The number of aryl methyl sites for hydroxylation is 1. The molecule has 0 saturated heterocycles. The van der Waals surface area contributed by atoms with Crippen molar-refractivity contribution in [3.8, 4) is 16.9 Å². The molecule has 1 N–H and O–H groups in total. The van der Waals surface area contributed by atoms with Gasteiger partial charge in [0.1, 0.15) is 5.75 Å². The highest BCUT2D eigenvalue weighted by atomic mass is 32.2. The van der Waals surface area contributed by atoms with Gasteiger partial charge < -0.3 is 9.84 Å². The Morgan fingerprint density at radius 2 is 1.70 bits per heavy atom. The standard InChI is InChI=1S/C26H23F3O3S/c27-26(28,29)19-10-8-18(9-11-19)20-5-2-1-4-17(20)14-15-33-24-13-12-23(32-16-25(30)31)21-6-3-7-22(21)24/h1-2,4-5,8-13H,3,6-7,14-16H2,(H,30,31). The Morgan fingerprint density at radius 3 is 2.42 bits per heavy atom. The largest absolute Gasteiger partial charge is 0.482 e. The first-order valence-corrected chi connectivity index (χ1v) is 11.7. The van der Waals surface area contributed by atoms with E-state index in [2.05, 4.69) is 0 Å². The maximum Gasteiger partial charge on any atom is 0.416 e. The Morgan fingerprint density at radius 1 is 0.970 bits per heavy atom. The summed E-state index contributed by atoms with van der Waals surface area (Å²) in [5.41, 5.74) is 4.48. The molecule has 0 aliphatic heterocycles. The Labute approximate surface area is 194 Å². The van der Waals surface area contributed by atoms with Crippen molar-refractivity contribution in [1.29, 1.82) is 0 Å². The molecule has 3 aromatic rings. The summed E-state index contributed by atoms with van der Waals surface area (Å²) >= 11 is 1.74. The molecule has 1 aliphatic carbocycles. The summed E-state index contributed by atoms with van der Waals surface area (Å²) in [6.07, 6.45) is -0.719. The van der Waals surface area contributed by atoms with Crippen LogP contribution in [0.3, 0.4) is 0 Å². The number of hydrogen-bond acceptors (Lipinski definition) is 3. The number of alkyl halides is 3. The van der Waals surface area contributed by atoms with Gasteiger partial charge in [0, 0.05) is 10.6 Å². The zero-order valence-electron chi connectivity index (χ0n) is 17.8. The van der Waals surface area contributed by atoms with Crippen molar-refractivity contribution in [2.45, 2.75) is 36.8 Å². The average Bonchev–Trinajstić information content (AvgIpc) is 3.29. The Hall–Kier alpha value is -2.93. The van der Waals surface area contributed by atoms with Gasteiger partial charge in [0.2, 0.25) is 0 Å². The van der Waals surface area contributed by atoms with Crippen LogP contribution in [0.25, 0.3) is 11.1 Å². The van der Waals surface area contributed by atoms with E-state index in [1.54, 1.807) is 11.8 Å². The second-order valence-electron chi connectivity index (χ2n) is 7.89. The molecule has 0 spiro atoms. The number of hydrogen-bond donors (Lipinski definition) is 1. The topological polar surface area (TPSA) is 46.5 Å². The van der Waals surface area contributed by atoms with Crippen molar-refractivity contribution in [2.24, 2.45) is 0 Å². The monoisotopic (exact) mass is 472 g/mol. The lowest BCUT2D eigenvalue weighted by Gasteiger charge is -2.14. The molecule has 33 heavy (non-hydrogen) atoms. The number of carboxylic acids is 1. The molecule has 1 aliphatic rings. The zero-order chi connectivity index (χ0) is 23.4. The Bertz CT molecular complexity index is 1140. The molecule has 0 saturated carbocycles. The van der Waals surface area contributed by atoms with Gasteiger partial charge in [-0.1, -0.05) is 36.4 Å². The highest BCUT2D eigenvalue weighted by Gasteiger charge is 2.30. The zero-order valence-corrected chi connectivity index (χ0v) is 18.6. The third-order valence-corrected chi connectivity index (χ3v) is 6.82. The SMILES string of the molecule is O=C(O)COc1ccc(SCCc2ccccc2-c2ccc(C(F)(F)F)cc2)c2c1CCC2. The third kappa shape index (κ3) is 5.53. The van der Waals surface area contributed by atoms with Crippen molar-refractivity contribution in [3.05, 3.63) is 82.9 Å². The Balaban J connectivity index is 1.46. The summed E-state index contributed by atoms with van der Waals surface area (Å²) < 4.78 is 44.1. The molecule has 0 bridgehead atoms. The molecule has 0 radical (unpaired) electrons. The first kappa shape index (κ1) is 23.2. The summed E-state index contributed by atoms with van der Waals surface area (Å²) in [7, 11) is 0. The molecule has 0 unspecified atom stereocenters. The first-order valence-electron chi connectivity index (χ1n) is 10.7. The van der Waals surface area contributed by atoms with Gasteiger partial charge in [-0.15, -0.1) is 11.8 Å². The fraction of sp³-hybridized carbons (Fsp3) is 0.269. The lowest BCUT2D eigenvalue weighted by atomic mass is 9.97. The second kappa shape index (κ2) is 9.91. The third-order valence-electron chi connectivity index (χ3n) is 5.72. The van der Waals surface area contributed by atoms with E-state index in [4.69, 9.17) is 9.84 Å². The van der Waals surface area contributed by atoms with Gasteiger partial charge in [-0.25, -0.2) is 4.79 Å².